The summed E-state index contributed by atoms with van der Waals surface area (Å²) in [6.07, 6.45) is 0. The molecule has 3 aliphatic heterocycles. The number of benzene rings is 9. The highest BCUT2D eigenvalue weighted by Gasteiger charge is 2.52. The number of anilines is 5. The van der Waals surface area contributed by atoms with Crippen LogP contribution >= 0.6 is 0 Å². The molecule has 0 fully saturated rings. The fourth-order valence-corrected chi connectivity index (χ4v) is 10.8. The normalized spacial score (nSPS) is 14.1. The Bertz CT molecular complexity index is 3220. The molecule has 0 amide bonds. The molecule has 0 unspecified atom stereocenters. The lowest BCUT2D eigenvalue weighted by atomic mass is 9.59. The van der Waals surface area contributed by atoms with Crippen LogP contribution in [0.1, 0.15) is 27.8 Å². The van der Waals surface area contributed by atoms with Crippen LogP contribution in [-0.2, 0) is 12.0 Å². The van der Waals surface area contributed by atoms with Gasteiger partial charge in [-0.2, -0.15) is 0 Å². The average molecular weight is 752 g/mol. The molecule has 3 nitrogen and oxygen atoms in total. The average Bonchev–Trinajstić information content (AvgIpc) is 3.65. The van der Waals surface area contributed by atoms with Crippen LogP contribution in [0, 0.1) is 0 Å². The Morgan fingerprint density at radius 2 is 0.831 bits per heavy atom. The van der Waals surface area contributed by atoms with Crippen molar-refractivity contribution in [3.05, 3.63) is 240 Å². The number of aromatic nitrogens is 1. The van der Waals surface area contributed by atoms with E-state index < -0.39 is 5.41 Å². The summed E-state index contributed by atoms with van der Waals surface area (Å²) in [6, 6.07) is 78.8. The lowest BCUT2D eigenvalue weighted by Crippen LogP contribution is -2.43. The van der Waals surface area contributed by atoms with Crippen LogP contribution in [0.15, 0.2) is 212 Å². The molecule has 59 heavy (non-hydrogen) atoms. The molecule has 0 N–H and O–H groups in total. The minimum absolute atomic E-state index is 0.521. The zero-order valence-corrected chi connectivity index (χ0v) is 32.3. The predicted octanol–water partition coefficient (Wildman–Crippen LogP) is 14.2. The van der Waals surface area contributed by atoms with Crippen molar-refractivity contribution < 1.29 is 0 Å². The Morgan fingerprint density at radius 3 is 1.47 bits per heavy atom. The van der Waals surface area contributed by atoms with E-state index in [2.05, 4.69) is 227 Å². The molecule has 0 bridgehead atoms. The molecule has 276 valence electrons. The molecule has 0 radical (unpaired) electrons. The SMILES string of the molecule is c1ccc2c(c1)CN1c3ccccc3C3(c4ccccc4N(c4ccc(-c5ccc(-n6c7ccccc7c7ccccc76)cc5)cc4)c4ccccc43)c3cccc-2c31. The Hall–Kier alpha value is -7.62. The van der Waals surface area contributed by atoms with Gasteiger partial charge >= 0.3 is 0 Å². The lowest BCUT2D eigenvalue weighted by molar-refractivity contribution is 0.703. The number of hydrogen-bond acceptors (Lipinski definition) is 2. The van der Waals surface area contributed by atoms with Crippen molar-refractivity contribution in [3.63, 3.8) is 0 Å². The number of rotatable bonds is 3. The van der Waals surface area contributed by atoms with E-state index >= 15 is 0 Å². The fourth-order valence-electron chi connectivity index (χ4n) is 10.8. The van der Waals surface area contributed by atoms with E-state index in [0.717, 1.165) is 17.9 Å². The van der Waals surface area contributed by atoms with Gasteiger partial charge in [-0.05, 0) is 99.1 Å². The van der Waals surface area contributed by atoms with E-state index in [4.69, 9.17) is 0 Å². The van der Waals surface area contributed by atoms with E-state index in [-0.39, 0.29) is 0 Å². The van der Waals surface area contributed by atoms with Gasteiger partial charge in [-0.3, -0.25) is 0 Å². The molecule has 4 heterocycles. The molecule has 3 aliphatic rings. The first-order chi connectivity index (χ1) is 29.3. The summed E-state index contributed by atoms with van der Waals surface area (Å²) in [5, 5.41) is 2.55. The Balaban J connectivity index is 0.947. The van der Waals surface area contributed by atoms with Crippen LogP contribution in [0.4, 0.5) is 28.4 Å². The first-order valence-electron chi connectivity index (χ1n) is 20.6. The maximum atomic E-state index is 2.57. The maximum Gasteiger partial charge on any atom is 0.0782 e. The second-order valence-electron chi connectivity index (χ2n) is 16.0. The van der Waals surface area contributed by atoms with Crippen molar-refractivity contribution in [2.75, 3.05) is 9.80 Å². The van der Waals surface area contributed by atoms with Gasteiger partial charge in [0.05, 0.1) is 33.5 Å². The van der Waals surface area contributed by atoms with E-state index in [1.54, 1.807) is 0 Å². The van der Waals surface area contributed by atoms with Gasteiger partial charge in [-0.15, -0.1) is 0 Å². The Kier molecular flexibility index (Phi) is 6.71. The Morgan fingerprint density at radius 1 is 0.356 bits per heavy atom. The third-order valence-corrected chi connectivity index (χ3v) is 13.2. The summed E-state index contributed by atoms with van der Waals surface area (Å²) in [4.78, 5) is 5.05. The van der Waals surface area contributed by atoms with E-state index in [9.17, 15) is 0 Å². The third kappa shape index (κ3) is 4.36. The van der Waals surface area contributed by atoms with Crippen LogP contribution < -0.4 is 9.80 Å². The fraction of sp³-hybridized carbons (Fsp3) is 0.0357. The molecule has 0 saturated carbocycles. The van der Waals surface area contributed by atoms with Gasteiger partial charge in [-0.1, -0.05) is 158 Å². The highest BCUT2D eigenvalue weighted by Crippen LogP contribution is 2.65. The van der Waals surface area contributed by atoms with E-state index in [0.29, 0.717) is 0 Å². The van der Waals surface area contributed by atoms with Crippen molar-refractivity contribution in [2.45, 2.75) is 12.0 Å². The van der Waals surface area contributed by atoms with Gasteiger partial charge in [0, 0.05) is 39.9 Å². The summed E-state index contributed by atoms with van der Waals surface area (Å²) in [5.41, 5.74) is 20.8. The molecule has 9 aromatic carbocycles. The molecule has 10 aromatic rings. The number of hydrogen-bond donors (Lipinski definition) is 0. The van der Waals surface area contributed by atoms with Gasteiger partial charge in [0.2, 0.25) is 0 Å². The third-order valence-electron chi connectivity index (χ3n) is 13.2. The molecule has 13 rings (SSSR count). The van der Waals surface area contributed by atoms with Crippen molar-refractivity contribution in [1.82, 2.24) is 4.57 Å². The lowest BCUT2D eigenvalue weighted by Gasteiger charge is -2.52. The van der Waals surface area contributed by atoms with Gasteiger partial charge in [0.15, 0.2) is 0 Å². The smallest absolute Gasteiger partial charge is 0.0782 e. The molecule has 0 atom stereocenters. The van der Waals surface area contributed by atoms with Gasteiger partial charge in [0.1, 0.15) is 0 Å². The summed E-state index contributed by atoms with van der Waals surface area (Å²) >= 11 is 0. The van der Waals surface area contributed by atoms with Crippen LogP contribution in [-0.4, -0.2) is 4.57 Å². The Labute approximate surface area is 343 Å². The maximum absolute atomic E-state index is 2.57. The zero-order valence-electron chi connectivity index (χ0n) is 32.3. The molecule has 0 aliphatic carbocycles. The second kappa shape index (κ2) is 12.2. The minimum atomic E-state index is -0.521. The standard InChI is InChI=1S/C56H37N3/c1-2-15-42-39(14-1)36-57-52-25-10-5-19-46(52)56(49-22-13-18-45(42)55(49)57)47-20-6-11-26-53(47)59(54-27-12-7-21-48(54)56)41-34-30-38(31-35-41)37-28-32-40(33-29-37)58-50-23-8-3-16-43(50)44-17-4-9-24-51(44)58/h1-35H,36H2. The number of fused-ring (bicyclic) bond motifs is 13. The van der Waals surface area contributed by atoms with Crippen LogP contribution in [0.3, 0.4) is 0 Å². The zero-order chi connectivity index (χ0) is 38.7. The molecule has 0 saturated heterocycles. The quantitative estimate of drug-likeness (QED) is 0.178. The summed E-state index contributed by atoms with van der Waals surface area (Å²) in [6.45, 7) is 0.845. The van der Waals surface area contributed by atoms with E-state index in [1.165, 1.54) is 94.6 Å². The van der Waals surface area contributed by atoms with Crippen molar-refractivity contribution in [2.24, 2.45) is 0 Å². The molecule has 1 aromatic heterocycles. The summed E-state index contributed by atoms with van der Waals surface area (Å²) in [7, 11) is 0. The summed E-state index contributed by atoms with van der Waals surface area (Å²) < 4.78 is 2.38. The minimum Gasteiger partial charge on any atom is -0.336 e. The van der Waals surface area contributed by atoms with Gasteiger partial charge in [-0.25, -0.2) is 0 Å². The monoisotopic (exact) mass is 751 g/mol. The largest absolute Gasteiger partial charge is 0.336 e. The van der Waals surface area contributed by atoms with E-state index in [1.807, 2.05) is 0 Å². The molecule has 1 spiro atoms. The first-order valence-corrected chi connectivity index (χ1v) is 20.6. The predicted molar refractivity (Wildman–Crippen MR) is 244 cm³/mol. The highest BCUT2D eigenvalue weighted by atomic mass is 15.2. The van der Waals surface area contributed by atoms with Gasteiger partial charge < -0.3 is 14.4 Å². The first kappa shape index (κ1) is 32.5. The van der Waals surface area contributed by atoms with Crippen LogP contribution in [0.2, 0.25) is 0 Å². The number of para-hydroxylation sites is 6. The highest BCUT2D eigenvalue weighted by molar-refractivity contribution is 6.09. The van der Waals surface area contributed by atoms with Crippen molar-refractivity contribution in [3.8, 4) is 27.9 Å². The van der Waals surface area contributed by atoms with Crippen molar-refractivity contribution in [1.29, 1.82) is 0 Å². The van der Waals surface area contributed by atoms with Gasteiger partial charge in [0.25, 0.3) is 0 Å². The summed E-state index contributed by atoms with van der Waals surface area (Å²) in [5.74, 6) is 0. The van der Waals surface area contributed by atoms with Crippen LogP contribution in [0.5, 0.6) is 0 Å². The van der Waals surface area contributed by atoms with Crippen LogP contribution in [0.25, 0.3) is 49.7 Å². The number of nitrogens with zero attached hydrogens (tertiary/aromatic N) is 3. The second-order valence-corrected chi connectivity index (χ2v) is 16.0. The molecular formula is C56H37N3. The van der Waals surface area contributed by atoms with Crippen molar-refractivity contribution >= 4 is 50.2 Å². The molecule has 3 heteroatoms. The molecular weight excluding hydrogens is 715 g/mol. The topological polar surface area (TPSA) is 11.4 Å².